The van der Waals surface area contributed by atoms with Gasteiger partial charge in [-0.15, -0.1) is 0 Å². The highest BCUT2D eigenvalue weighted by atomic mass is 16.5. The van der Waals surface area contributed by atoms with Crippen molar-refractivity contribution in [1.82, 2.24) is 9.80 Å². The number of anilines is 1. The van der Waals surface area contributed by atoms with Crippen LogP contribution >= 0.6 is 0 Å². The fraction of sp³-hybridized carbons (Fsp3) is 0.567. The van der Waals surface area contributed by atoms with Crippen molar-refractivity contribution >= 4 is 11.6 Å². The van der Waals surface area contributed by atoms with E-state index < -0.39 is 11.2 Å². The average Bonchev–Trinajstić information content (AvgIpc) is 3.04. The van der Waals surface area contributed by atoms with Crippen LogP contribution in [0.5, 0.6) is 5.75 Å². The topological polar surface area (TPSA) is 85.7 Å². The second-order valence-electron chi connectivity index (χ2n) is 11.3. The minimum Gasteiger partial charge on any atom is -0.490 e. The molecule has 0 aromatic heterocycles. The van der Waals surface area contributed by atoms with E-state index in [0.717, 1.165) is 18.7 Å². The summed E-state index contributed by atoms with van der Waals surface area (Å²) in [6, 6.07) is 14.4. The van der Waals surface area contributed by atoms with Crippen LogP contribution in [0.4, 0.5) is 5.69 Å². The summed E-state index contributed by atoms with van der Waals surface area (Å²) in [5.74, 6) is 0.526. The molecule has 0 aliphatic carbocycles. The molecule has 2 fully saturated rings. The second kappa shape index (κ2) is 12.0. The molecular formula is C30H43N3O5. The van der Waals surface area contributed by atoms with Crippen LogP contribution in [0.15, 0.2) is 42.5 Å². The van der Waals surface area contributed by atoms with E-state index in [1.807, 2.05) is 32.0 Å². The molecule has 0 spiro atoms. The molecule has 2 saturated heterocycles. The first-order valence-electron chi connectivity index (χ1n) is 13.5. The fourth-order valence-electron chi connectivity index (χ4n) is 5.43. The van der Waals surface area contributed by atoms with E-state index >= 15 is 0 Å². The van der Waals surface area contributed by atoms with Crippen LogP contribution in [0.1, 0.15) is 29.5 Å². The molecule has 0 bridgehead atoms. The lowest BCUT2D eigenvalue weighted by Crippen LogP contribution is -2.56. The Balaban J connectivity index is 1.43. The molecule has 0 saturated carbocycles. The highest BCUT2D eigenvalue weighted by Crippen LogP contribution is 2.29. The van der Waals surface area contributed by atoms with E-state index in [-0.39, 0.29) is 25.7 Å². The zero-order valence-corrected chi connectivity index (χ0v) is 23.3. The largest absolute Gasteiger partial charge is 0.490 e. The highest BCUT2D eigenvalue weighted by Gasteiger charge is 2.41. The molecule has 8 heteroatoms. The summed E-state index contributed by atoms with van der Waals surface area (Å²) < 4.78 is 11.1. The molecule has 1 amide bonds. The molecule has 2 N–H and O–H groups in total. The summed E-state index contributed by atoms with van der Waals surface area (Å²) in [7, 11) is 1.50. The molecule has 2 aromatic rings. The number of hydrogen-bond donors (Lipinski definition) is 2. The number of methoxy groups -OCH3 is 1. The molecule has 0 unspecified atom stereocenters. The van der Waals surface area contributed by atoms with Crippen molar-refractivity contribution in [1.29, 1.82) is 0 Å². The summed E-state index contributed by atoms with van der Waals surface area (Å²) >= 11 is 0. The third kappa shape index (κ3) is 7.26. The molecule has 2 aromatic carbocycles. The van der Waals surface area contributed by atoms with E-state index in [1.165, 1.54) is 23.9 Å². The van der Waals surface area contributed by atoms with Gasteiger partial charge in [0.25, 0.3) is 0 Å². The van der Waals surface area contributed by atoms with E-state index in [4.69, 9.17) is 9.47 Å². The minimum absolute atomic E-state index is 0.0348. The molecule has 4 rings (SSSR count). The Bertz CT molecular complexity index is 1080. The Labute approximate surface area is 226 Å². The molecule has 2 aliphatic rings. The van der Waals surface area contributed by atoms with Crippen LogP contribution in [0.3, 0.4) is 0 Å². The number of piperidine rings is 1. The Kier molecular flexibility index (Phi) is 8.98. The zero-order chi connectivity index (χ0) is 27.3. The zero-order valence-electron chi connectivity index (χ0n) is 23.3. The summed E-state index contributed by atoms with van der Waals surface area (Å²) in [4.78, 5) is 18.8. The Hall–Kier alpha value is -2.65. The minimum atomic E-state index is -1.29. The van der Waals surface area contributed by atoms with E-state index in [9.17, 15) is 15.0 Å². The standard InChI is InChI=1S/C30H43N3O5/c1-23-5-8-26(9-6-23)32-13-11-29(35,12-14-32)19-31-15-16-33(28(34)18-37-4)21-30(36,20-31)22-38-27-10-7-24(2)25(3)17-27/h5-10,17,35-36H,11-16,18-22H2,1-4H3/t30-/m1/s1. The van der Waals surface area contributed by atoms with Crippen molar-refractivity contribution in [3.8, 4) is 5.75 Å². The van der Waals surface area contributed by atoms with Crippen LogP contribution in [0.25, 0.3) is 0 Å². The maximum Gasteiger partial charge on any atom is 0.248 e. The molecule has 2 heterocycles. The van der Waals surface area contributed by atoms with Gasteiger partial charge < -0.3 is 29.5 Å². The van der Waals surface area contributed by atoms with Crippen molar-refractivity contribution < 1.29 is 24.5 Å². The summed E-state index contributed by atoms with van der Waals surface area (Å²) in [5.41, 5.74) is 2.55. The maximum absolute atomic E-state index is 12.7. The lowest BCUT2D eigenvalue weighted by Gasteiger charge is -2.42. The molecule has 38 heavy (non-hydrogen) atoms. The monoisotopic (exact) mass is 525 g/mol. The van der Waals surface area contributed by atoms with Gasteiger partial charge in [-0.2, -0.15) is 0 Å². The van der Waals surface area contributed by atoms with Crippen molar-refractivity contribution in [2.24, 2.45) is 0 Å². The van der Waals surface area contributed by atoms with Gasteiger partial charge in [0.1, 0.15) is 24.6 Å². The van der Waals surface area contributed by atoms with Crippen LogP contribution < -0.4 is 9.64 Å². The first-order valence-corrected chi connectivity index (χ1v) is 13.5. The number of carbonyl (C=O) groups excluding carboxylic acids is 1. The van der Waals surface area contributed by atoms with Crippen LogP contribution in [0, 0.1) is 20.8 Å². The number of aryl methyl sites for hydroxylation is 3. The number of β-amino-alcohol motifs (C(OH)–C–C–N with tert-alkyl or cyclic N) is 2. The number of ether oxygens (including phenoxy) is 2. The number of nitrogens with zero attached hydrogens (tertiary/aromatic N) is 3. The predicted molar refractivity (Wildman–Crippen MR) is 149 cm³/mol. The number of benzene rings is 2. The maximum atomic E-state index is 12.7. The van der Waals surface area contributed by atoms with Gasteiger partial charge in [-0.1, -0.05) is 23.8 Å². The van der Waals surface area contributed by atoms with Gasteiger partial charge in [-0.05, 0) is 69.0 Å². The lowest BCUT2D eigenvalue weighted by molar-refractivity contribution is -0.138. The van der Waals surface area contributed by atoms with Crippen molar-refractivity contribution in [2.45, 2.75) is 44.8 Å². The molecule has 2 aliphatic heterocycles. The number of amides is 1. The Morgan fingerprint density at radius 1 is 0.895 bits per heavy atom. The SMILES string of the molecule is COCC(=O)N1CCN(CC2(O)CCN(c3ccc(C)cc3)CC2)C[C@](O)(COc2ccc(C)c(C)c2)C1. The quantitative estimate of drug-likeness (QED) is 0.548. The van der Waals surface area contributed by atoms with Crippen LogP contribution in [-0.4, -0.2) is 103 Å². The Morgan fingerprint density at radius 3 is 2.26 bits per heavy atom. The molecular weight excluding hydrogens is 482 g/mol. The van der Waals surface area contributed by atoms with Crippen LogP contribution in [-0.2, 0) is 9.53 Å². The molecule has 208 valence electrons. The summed E-state index contributed by atoms with van der Waals surface area (Å²) in [6.45, 7) is 9.61. The van der Waals surface area contributed by atoms with Gasteiger partial charge in [-0.3, -0.25) is 9.69 Å². The van der Waals surface area contributed by atoms with Gasteiger partial charge in [0, 0.05) is 52.1 Å². The van der Waals surface area contributed by atoms with Crippen molar-refractivity contribution in [2.75, 3.05) is 71.0 Å². The first-order chi connectivity index (χ1) is 18.1. The number of rotatable bonds is 8. The van der Waals surface area contributed by atoms with Gasteiger partial charge in [0.15, 0.2) is 0 Å². The highest BCUT2D eigenvalue weighted by molar-refractivity contribution is 5.77. The number of carbonyl (C=O) groups is 1. The second-order valence-corrected chi connectivity index (χ2v) is 11.3. The lowest BCUT2D eigenvalue weighted by atomic mass is 9.90. The summed E-state index contributed by atoms with van der Waals surface area (Å²) in [5, 5.41) is 23.3. The average molecular weight is 526 g/mol. The van der Waals surface area contributed by atoms with Gasteiger partial charge >= 0.3 is 0 Å². The first kappa shape index (κ1) is 28.4. The van der Waals surface area contributed by atoms with Gasteiger partial charge in [0.05, 0.1) is 12.1 Å². The molecule has 1 atom stereocenters. The predicted octanol–water partition coefficient (Wildman–Crippen LogP) is 2.54. The summed E-state index contributed by atoms with van der Waals surface area (Å²) in [6.07, 6.45) is 1.28. The van der Waals surface area contributed by atoms with E-state index in [1.54, 1.807) is 4.90 Å². The molecule has 8 nitrogen and oxygen atoms in total. The third-order valence-electron chi connectivity index (χ3n) is 7.91. The van der Waals surface area contributed by atoms with Gasteiger partial charge in [-0.25, -0.2) is 0 Å². The Morgan fingerprint density at radius 2 is 1.61 bits per heavy atom. The fourth-order valence-corrected chi connectivity index (χ4v) is 5.43. The van der Waals surface area contributed by atoms with E-state index in [0.29, 0.717) is 44.8 Å². The van der Waals surface area contributed by atoms with E-state index in [2.05, 4.69) is 41.0 Å². The third-order valence-corrected chi connectivity index (χ3v) is 7.91. The van der Waals surface area contributed by atoms with Crippen LogP contribution in [0.2, 0.25) is 0 Å². The normalized spacial score (nSPS) is 22.3. The number of hydrogen-bond acceptors (Lipinski definition) is 7. The number of aliphatic hydroxyl groups is 2. The van der Waals surface area contributed by atoms with Crippen molar-refractivity contribution in [3.63, 3.8) is 0 Å². The van der Waals surface area contributed by atoms with Crippen molar-refractivity contribution in [3.05, 3.63) is 59.2 Å². The van der Waals surface area contributed by atoms with Gasteiger partial charge in [0.2, 0.25) is 5.91 Å². The molecule has 0 radical (unpaired) electrons. The smallest absolute Gasteiger partial charge is 0.248 e.